The number of aliphatic hydroxyl groups is 2. The van der Waals surface area contributed by atoms with Crippen LogP contribution in [0.5, 0.6) is 0 Å². The molecule has 0 aliphatic heterocycles. The topological polar surface area (TPSA) is 87.0 Å². The van der Waals surface area contributed by atoms with E-state index in [1.807, 2.05) is 0 Å². The fraction of sp³-hybridized carbons (Fsp3) is 0.500. The Labute approximate surface area is 111 Å². The molecule has 5 heteroatoms. The van der Waals surface area contributed by atoms with Crippen LogP contribution in [0.4, 0.5) is 0 Å². The summed E-state index contributed by atoms with van der Waals surface area (Å²) in [6, 6.07) is 6.17. The number of ether oxygens (including phenoxy) is 1. The van der Waals surface area contributed by atoms with Gasteiger partial charge in [0.25, 0.3) is 0 Å². The van der Waals surface area contributed by atoms with E-state index in [4.69, 9.17) is 9.84 Å². The molecule has 3 N–H and O–H groups in total. The summed E-state index contributed by atoms with van der Waals surface area (Å²) >= 11 is 0. The van der Waals surface area contributed by atoms with Crippen LogP contribution < -0.4 is 0 Å². The van der Waals surface area contributed by atoms with Crippen molar-refractivity contribution in [2.75, 3.05) is 0 Å². The van der Waals surface area contributed by atoms with Gasteiger partial charge in [-0.2, -0.15) is 0 Å². The lowest BCUT2D eigenvalue weighted by atomic mass is 9.94. The number of hydrogen-bond acceptors (Lipinski definition) is 4. The molecule has 5 nitrogen and oxygen atoms in total. The van der Waals surface area contributed by atoms with E-state index in [1.54, 1.807) is 12.1 Å². The van der Waals surface area contributed by atoms with E-state index in [2.05, 4.69) is 0 Å². The molecule has 0 heterocycles. The molecule has 2 rings (SSSR count). The minimum atomic E-state index is -1.33. The third kappa shape index (κ3) is 3.32. The van der Waals surface area contributed by atoms with E-state index in [-0.39, 0.29) is 11.1 Å². The van der Waals surface area contributed by atoms with Crippen molar-refractivity contribution in [3.8, 4) is 0 Å². The molecule has 0 saturated heterocycles. The maximum Gasteiger partial charge on any atom is 0.336 e. The van der Waals surface area contributed by atoms with Gasteiger partial charge in [-0.15, -0.1) is 0 Å². The quantitative estimate of drug-likeness (QED) is 0.722. The average molecular weight is 266 g/mol. The van der Waals surface area contributed by atoms with Gasteiger partial charge in [-0.1, -0.05) is 31.0 Å². The summed E-state index contributed by atoms with van der Waals surface area (Å²) in [5.41, 5.74) is 0.230. The largest absolute Gasteiger partial charge is 0.478 e. The summed E-state index contributed by atoms with van der Waals surface area (Å²) in [6.45, 7) is 0. The first-order chi connectivity index (χ1) is 9.09. The van der Waals surface area contributed by atoms with E-state index in [0.717, 1.165) is 12.8 Å². The van der Waals surface area contributed by atoms with Crippen LogP contribution in [0.3, 0.4) is 0 Å². The monoisotopic (exact) mass is 266 g/mol. The van der Waals surface area contributed by atoms with Crippen LogP contribution in [0.2, 0.25) is 0 Å². The maximum absolute atomic E-state index is 11.1. The molecule has 104 valence electrons. The second-order valence-electron chi connectivity index (χ2n) is 4.77. The van der Waals surface area contributed by atoms with Gasteiger partial charge in [0, 0.05) is 5.56 Å². The molecule has 1 aromatic rings. The predicted molar refractivity (Wildman–Crippen MR) is 67.7 cm³/mol. The molecular formula is C14H18O5. The van der Waals surface area contributed by atoms with Gasteiger partial charge in [-0.25, -0.2) is 4.79 Å². The van der Waals surface area contributed by atoms with E-state index >= 15 is 0 Å². The highest BCUT2D eigenvalue weighted by atomic mass is 16.6. The summed E-state index contributed by atoms with van der Waals surface area (Å²) in [6.07, 6.45) is 0.847. The number of rotatable bonds is 4. The van der Waals surface area contributed by atoms with Gasteiger partial charge in [0.2, 0.25) is 0 Å². The minimum absolute atomic E-state index is 0.0142. The molecule has 0 aromatic heterocycles. The van der Waals surface area contributed by atoms with Gasteiger partial charge in [0.05, 0.1) is 17.8 Å². The zero-order valence-electron chi connectivity index (χ0n) is 10.5. The van der Waals surface area contributed by atoms with Crippen molar-refractivity contribution in [1.82, 2.24) is 0 Å². The minimum Gasteiger partial charge on any atom is -0.478 e. The first-order valence-electron chi connectivity index (χ1n) is 6.43. The first-order valence-corrected chi connectivity index (χ1v) is 6.43. The number of hydrogen-bond donors (Lipinski definition) is 3. The molecule has 1 unspecified atom stereocenters. The summed E-state index contributed by atoms with van der Waals surface area (Å²) in [7, 11) is 0. The van der Waals surface area contributed by atoms with Crippen molar-refractivity contribution in [3.05, 3.63) is 35.4 Å². The number of carboxylic acids is 1. The van der Waals surface area contributed by atoms with Gasteiger partial charge in [0.1, 0.15) is 0 Å². The third-order valence-electron chi connectivity index (χ3n) is 3.43. The molecule has 0 amide bonds. The Kier molecular flexibility index (Phi) is 4.52. The highest BCUT2D eigenvalue weighted by Crippen LogP contribution is 2.27. The normalized spacial score (nSPS) is 24.9. The van der Waals surface area contributed by atoms with Crippen molar-refractivity contribution < 1.29 is 24.9 Å². The Morgan fingerprint density at radius 1 is 1.26 bits per heavy atom. The van der Waals surface area contributed by atoms with Crippen molar-refractivity contribution in [1.29, 1.82) is 0 Å². The number of aliphatic hydroxyl groups excluding tert-OH is 2. The van der Waals surface area contributed by atoms with Gasteiger partial charge in [0.15, 0.2) is 6.29 Å². The molecule has 0 bridgehead atoms. The summed E-state index contributed by atoms with van der Waals surface area (Å²) < 4.78 is 5.42. The van der Waals surface area contributed by atoms with E-state index in [9.17, 15) is 15.0 Å². The molecule has 3 atom stereocenters. The summed E-state index contributed by atoms with van der Waals surface area (Å²) in [5.74, 6) is -1.11. The second kappa shape index (κ2) is 6.14. The van der Waals surface area contributed by atoms with Crippen LogP contribution in [0.1, 0.15) is 47.9 Å². The number of aromatic carboxylic acids is 1. The molecule has 1 aliphatic carbocycles. The highest BCUT2D eigenvalue weighted by molar-refractivity contribution is 5.89. The van der Waals surface area contributed by atoms with E-state index < -0.39 is 24.5 Å². The Bertz CT molecular complexity index is 445. The Hall–Kier alpha value is -1.43. The molecule has 0 spiro atoms. The van der Waals surface area contributed by atoms with Gasteiger partial charge < -0.3 is 20.1 Å². The zero-order chi connectivity index (χ0) is 13.8. The smallest absolute Gasteiger partial charge is 0.336 e. The third-order valence-corrected chi connectivity index (χ3v) is 3.43. The van der Waals surface area contributed by atoms with Gasteiger partial charge >= 0.3 is 5.97 Å². The van der Waals surface area contributed by atoms with E-state index in [0.29, 0.717) is 12.8 Å². The first kappa shape index (κ1) is 14.0. The van der Waals surface area contributed by atoms with Crippen LogP contribution in [0.25, 0.3) is 0 Å². The molecule has 0 radical (unpaired) electrons. The zero-order valence-corrected chi connectivity index (χ0v) is 10.5. The van der Waals surface area contributed by atoms with Crippen LogP contribution in [0, 0.1) is 0 Å². The standard InChI is InChI=1S/C14H18O5/c15-11-7-3-4-8-12(11)19-14(18)10-6-2-1-5-9(10)13(16)17/h1-2,5-6,11-12,14-15,18H,3-4,7-8H2,(H,16,17)/t11-,12-,14?/m0/s1. The molecule has 19 heavy (non-hydrogen) atoms. The maximum atomic E-state index is 11.1. The number of carboxylic acid groups (broad SMARTS) is 1. The van der Waals surface area contributed by atoms with E-state index in [1.165, 1.54) is 12.1 Å². The lowest BCUT2D eigenvalue weighted by Gasteiger charge is -2.29. The molecule has 1 aliphatic rings. The summed E-state index contributed by atoms with van der Waals surface area (Å²) in [4.78, 5) is 11.1. The molecule has 1 aromatic carbocycles. The van der Waals surface area contributed by atoms with Crippen LogP contribution in [0.15, 0.2) is 24.3 Å². The summed E-state index contributed by atoms with van der Waals surface area (Å²) in [5, 5.41) is 28.9. The van der Waals surface area contributed by atoms with Crippen LogP contribution in [-0.4, -0.2) is 33.5 Å². The van der Waals surface area contributed by atoms with Gasteiger partial charge in [-0.3, -0.25) is 0 Å². The Morgan fingerprint density at radius 2 is 1.95 bits per heavy atom. The SMILES string of the molecule is O=C(O)c1ccccc1C(O)O[C@H]1CCCC[C@@H]1O. The molecule has 1 fully saturated rings. The second-order valence-corrected chi connectivity index (χ2v) is 4.77. The van der Waals surface area contributed by atoms with Crippen molar-refractivity contribution in [2.45, 2.75) is 44.2 Å². The van der Waals surface area contributed by atoms with Crippen LogP contribution in [-0.2, 0) is 4.74 Å². The average Bonchev–Trinajstić information content (AvgIpc) is 2.41. The highest BCUT2D eigenvalue weighted by Gasteiger charge is 2.27. The van der Waals surface area contributed by atoms with Crippen molar-refractivity contribution in [2.24, 2.45) is 0 Å². The van der Waals surface area contributed by atoms with Gasteiger partial charge in [-0.05, 0) is 18.9 Å². The lowest BCUT2D eigenvalue weighted by Crippen LogP contribution is -2.33. The molecular weight excluding hydrogens is 248 g/mol. The Balaban J connectivity index is 2.11. The molecule has 1 saturated carbocycles. The lowest BCUT2D eigenvalue weighted by molar-refractivity contribution is -0.177. The predicted octanol–water partition coefficient (Wildman–Crippen LogP) is 1.70. The fourth-order valence-electron chi connectivity index (χ4n) is 2.38. The number of carbonyl (C=O) groups is 1. The number of benzene rings is 1. The van der Waals surface area contributed by atoms with Crippen LogP contribution >= 0.6 is 0 Å². The Morgan fingerprint density at radius 3 is 2.63 bits per heavy atom. The van der Waals surface area contributed by atoms with Crippen molar-refractivity contribution in [3.63, 3.8) is 0 Å². The van der Waals surface area contributed by atoms with Crippen molar-refractivity contribution >= 4 is 5.97 Å². The fourth-order valence-corrected chi connectivity index (χ4v) is 2.38.